The summed E-state index contributed by atoms with van der Waals surface area (Å²) in [4.78, 5) is 78.6. The summed E-state index contributed by atoms with van der Waals surface area (Å²) >= 11 is 3.38. The lowest BCUT2D eigenvalue weighted by Gasteiger charge is -2.37. The van der Waals surface area contributed by atoms with Gasteiger partial charge in [0.15, 0.2) is 0 Å². The van der Waals surface area contributed by atoms with Crippen LogP contribution >= 0.6 is 15.9 Å². The van der Waals surface area contributed by atoms with Crippen molar-refractivity contribution in [2.24, 2.45) is 7.05 Å². The lowest BCUT2D eigenvalue weighted by molar-refractivity contribution is -0.136. The van der Waals surface area contributed by atoms with Crippen LogP contribution in [0.4, 0.5) is 11.4 Å². The number of amides is 5. The monoisotopic (exact) mass is 718 g/mol. The molecule has 0 saturated carbocycles. The van der Waals surface area contributed by atoms with E-state index in [9.17, 15) is 28.8 Å². The van der Waals surface area contributed by atoms with E-state index in [1.54, 1.807) is 37.5 Å². The summed E-state index contributed by atoms with van der Waals surface area (Å²) < 4.78 is 1.72. The van der Waals surface area contributed by atoms with E-state index in [-0.39, 0.29) is 60.5 Å². The Morgan fingerprint density at radius 3 is 2.50 bits per heavy atom. The molecule has 250 valence electrons. The largest absolute Gasteiger partial charge is 0.383 e. The fourth-order valence-corrected chi connectivity index (χ4v) is 7.01. The zero-order valence-electron chi connectivity index (χ0n) is 26.4. The molecule has 3 aliphatic rings. The Morgan fingerprint density at radius 2 is 1.75 bits per heavy atom. The minimum absolute atomic E-state index is 0.0442. The highest BCUT2D eigenvalue weighted by atomic mass is 79.9. The number of rotatable bonds is 9. The van der Waals surface area contributed by atoms with E-state index in [1.807, 2.05) is 12.1 Å². The molecule has 0 spiro atoms. The van der Waals surface area contributed by atoms with Crippen molar-refractivity contribution in [1.82, 2.24) is 30.2 Å². The van der Waals surface area contributed by atoms with Gasteiger partial charge in [-0.3, -0.25) is 39.0 Å². The van der Waals surface area contributed by atoms with Crippen LogP contribution in [0.3, 0.4) is 0 Å². The molecule has 6 rings (SSSR count). The van der Waals surface area contributed by atoms with Crippen molar-refractivity contribution in [1.29, 1.82) is 0 Å². The Morgan fingerprint density at radius 1 is 0.979 bits per heavy atom. The topological polar surface area (TPSA) is 175 Å². The minimum Gasteiger partial charge on any atom is -0.383 e. The lowest BCUT2D eigenvalue weighted by atomic mass is 9.87. The normalized spacial score (nSPS) is 21.1. The van der Waals surface area contributed by atoms with Gasteiger partial charge in [0.2, 0.25) is 11.8 Å². The molecule has 2 saturated heterocycles. The van der Waals surface area contributed by atoms with Crippen molar-refractivity contribution >= 4 is 56.8 Å². The summed E-state index contributed by atoms with van der Waals surface area (Å²) in [5.74, 6) is -2.31. The van der Waals surface area contributed by atoms with Gasteiger partial charge >= 0.3 is 0 Å². The minimum atomic E-state index is -1.04. The number of carbonyl (C=O) groups is 5. The molecular formula is C33H35BrN8O6. The highest BCUT2D eigenvalue weighted by molar-refractivity contribution is 9.10. The predicted octanol–water partition coefficient (Wildman–Crippen LogP) is 1.69. The third-order valence-electron chi connectivity index (χ3n) is 8.91. The van der Waals surface area contributed by atoms with Crippen molar-refractivity contribution in [2.75, 3.05) is 43.9 Å². The van der Waals surface area contributed by atoms with E-state index in [1.165, 1.54) is 10.7 Å². The Hall–Kier alpha value is -4.89. The zero-order chi connectivity index (χ0) is 34.1. The van der Waals surface area contributed by atoms with E-state index in [4.69, 9.17) is 0 Å². The van der Waals surface area contributed by atoms with E-state index in [0.717, 1.165) is 30.0 Å². The Kier molecular flexibility index (Phi) is 9.42. The van der Waals surface area contributed by atoms with Crippen LogP contribution in [0.25, 0.3) is 0 Å². The summed E-state index contributed by atoms with van der Waals surface area (Å²) in [6.07, 6.45) is 2.60. The van der Waals surface area contributed by atoms with E-state index < -0.39 is 29.7 Å². The smallest absolute Gasteiger partial charge is 0.282 e. The van der Waals surface area contributed by atoms with Crippen molar-refractivity contribution < 1.29 is 24.0 Å². The number of hydrogen-bond acceptors (Lipinski definition) is 10. The lowest BCUT2D eigenvalue weighted by Crippen LogP contribution is -2.54. The van der Waals surface area contributed by atoms with Crippen molar-refractivity contribution in [3.05, 3.63) is 85.7 Å². The summed E-state index contributed by atoms with van der Waals surface area (Å²) in [6.45, 7) is 2.19. The number of imide groups is 2. The second kappa shape index (κ2) is 13.7. The highest BCUT2D eigenvalue weighted by Crippen LogP contribution is 2.33. The second-order valence-corrected chi connectivity index (χ2v) is 13.1. The number of benzene rings is 2. The summed E-state index contributed by atoms with van der Waals surface area (Å²) in [5, 5.41) is 15.8. The van der Waals surface area contributed by atoms with E-state index >= 15 is 0 Å². The second-order valence-electron chi connectivity index (χ2n) is 12.3. The van der Waals surface area contributed by atoms with Gasteiger partial charge in [0.25, 0.3) is 23.3 Å². The molecule has 4 N–H and O–H groups in total. The zero-order valence-corrected chi connectivity index (χ0v) is 28.0. The Labute approximate surface area is 284 Å². The molecular weight excluding hydrogens is 684 g/mol. The molecule has 3 aromatic rings. The van der Waals surface area contributed by atoms with Gasteiger partial charge in [-0.05, 0) is 71.6 Å². The van der Waals surface area contributed by atoms with Crippen LogP contribution in [0.5, 0.6) is 0 Å². The van der Waals surface area contributed by atoms with Gasteiger partial charge in [-0.15, -0.1) is 0 Å². The predicted molar refractivity (Wildman–Crippen MR) is 180 cm³/mol. The number of piperidine rings is 2. The average Bonchev–Trinajstić information content (AvgIpc) is 3.32. The van der Waals surface area contributed by atoms with Gasteiger partial charge in [0.05, 0.1) is 23.0 Å². The van der Waals surface area contributed by atoms with Crippen LogP contribution in [0, 0.1) is 0 Å². The number of nitrogens with zero attached hydrogens (tertiary/aromatic N) is 4. The number of fused-ring (bicyclic) bond motifs is 1. The van der Waals surface area contributed by atoms with Gasteiger partial charge in [-0.25, -0.2) is 4.68 Å². The van der Waals surface area contributed by atoms with Crippen LogP contribution in [-0.2, 0) is 16.6 Å². The number of aromatic nitrogens is 2. The van der Waals surface area contributed by atoms with Crippen LogP contribution in [0.2, 0.25) is 0 Å². The SMILES string of the molecule is CN1C[C@H](Nc2cnn(C)c(=O)c2Br)C[C@H](c2ccc(C(=O)NCCNc3cccc4c3C(=O)N(C3CCC(=O)NC3=O)C4=O)cc2)C1. The van der Waals surface area contributed by atoms with Crippen LogP contribution in [-0.4, -0.2) is 94.4 Å². The number of carbonyl (C=O) groups excluding carboxylic acids is 5. The Balaban J connectivity index is 1.03. The van der Waals surface area contributed by atoms with Crippen LogP contribution < -0.4 is 26.8 Å². The molecule has 2 fully saturated rings. The van der Waals surface area contributed by atoms with Gasteiger partial charge in [0.1, 0.15) is 10.5 Å². The van der Waals surface area contributed by atoms with Gasteiger partial charge in [-0.1, -0.05) is 18.2 Å². The van der Waals surface area contributed by atoms with Gasteiger partial charge in [0, 0.05) is 56.9 Å². The van der Waals surface area contributed by atoms with Crippen molar-refractivity contribution in [2.45, 2.75) is 37.3 Å². The summed E-state index contributed by atoms with van der Waals surface area (Å²) in [6, 6.07) is 11.4. The Bertz CT molecular complexity index is 1860. The first kappa shape index (κ1) is 33.0. The maximum absolute atomic E-state index is 13.3. The number of halogens is 1. The van der Waals surface area contributed by atoms with Crippen LogP contribution in [0.1, 0.15) is 61.8 Å². The molecule has 48 heavy (non-hydrogen) atoms. The third-order valence-corrected chi connectivity index (χ3v) is 9.68. The first-order valence-corrected chi connectivity index (χ1v) is 16.4. The fourth-order valence-electron chi connectivity index (χ4n) is 6.54. The standard InChI is InChI=1S/C33H35BrN8O6/c1-40-16-20(14-21(17-40)38-24-15-37-41(2)33(48)28(24)34)18-6-8-19(9-7-18)29(44)36-13-12-35-23-5-3-4-22-27(23)32(47)42(31(22)46)25-10-11-26(43)39-30(25)45/h3-9,15,20-21,25,35,38H,10-14,16-17H2,1-2H3,(H,36,44)(H,39,43,45)/t20-,21+,25?/m0/s1. The molecule has 14 nitrogen and oxygen atoms in total. The van der Waals surface area contributed by atoms with Gasteiger partial charge in [-0.2, -0.15) is 5.10 Å². The molecule has 3 aliphatic heterocycles. The number of anilines is 2. The third kappa shape index (κ3) is 6.60. The molecule has 1 unspecified atom stereocenters. The molecule has 0 aliphatic carbocycles. The molecule has 15 heteroatoms. The average molecular weight is 720 g/mol. The first-order valence-electron chi connectivity index (χ1n) is 15.6. The maximum atomic E-state index is 13.3. The number of likely N-dealkylation sites (tertiary alicyclic amines) is 1. The molecule has 5 amide bonds. The summed E-state index contributed by atoms with van der Waals surface area (Å²) in [7, 11) is 3.66. The molecule has 0 bridgehead atoms. The molecule has 1 aromatic heterocycles. The fraction of sp³-hybridized carbons (Fsp3) is 0.364. The first-order chi connectivity index (χ1) is 23.0. The molecule has 4 heterocycles. The molecule has 0 radical (unpaired) electrons. The van der Waals surface area contributed by atoms with Crippen LogP contribution in [0.15, 0.2) is 57.9 Å². The van der Waals surface area contributed by atoms with Crippen molar-refractivity contribution in [3.8, 4) is 0 Å². The summed E-state index contributed by atoms with van der Waals surface area (Å²) in [5.41, 5.74) is 2.83. The number of hydrogen-bond donors (Lipinski definition) is 4. The number of aryl methyl sites for hydroxylation is 1. The van der Waals surface area contributed by atoms with Gasteiger partial charge < -0.3 is 20.9 Å². The molecule has 3 atom stereocenters. The van der Waals surface area contributed by atoms with Crippen molar-refractivity contribution in [3.63, 3.8) is 0 Å². The highest BCUT2D eigenvalue weighted by Gasteiger charge is 2.45. The maximum Gasteiger partial charge on any atom is 0.282 e. The quantitative estimate of drug-likeness (QED) is 0.188. The number of nitrogens with one attached hydrogen (secondary N) is 4. The number of likely N-dealkylation sites (N-methyl/N-ethyl adjacent to an activating group) is 1. The molecule has 2 aromatic carbocycles. The van der Waals surface area contributed by atoms with E-state index in [0.29, 0.717) is 21.4 Å². The van der Waals surface area contributed by atoms with E-state index in [2.05, 4.69) is 54.2 Å².